The van der Waals surface area contributed by atoms with Gasteiger partial charge in [0.15, 0.2) is 0 Å². The summed E-state index contributed by atoms with van der Waals surface area (Å²) in [7, 11) is 1.68. The van der Waals surface area contributed by atoms with Gasteiger partial charge in [-0.3, -0.25) is 24.6 Å². The van der Waals surface area contributed by atoms with Crippen molar-refractivity contribution in [3.05, 3.63) is 113 Å². The molecule has 0 aromatic heterocycles. The monoisotopic (exact) mass is 755 g/mol. The molecule has 2 N–H and O–H groups in total. The van der Waals surface area contributed by atoms with E-state index in [2.05, 4.69) is 62.5 Å². The molecule has 5 heterocycles. The lowest BCUT2D eigenvalue weighted by atomic mass is 9.76. The van der Waals surface area contributed by atoms with Crippen LogP contribution >= 0.6 is 0 Å². The molecule has 0 aliphatic carbocycles. The molecule has 4 aromatic rings. The number of rotatable bonds is 8. The number of imide groups is 1. The zero-order chi connectivity index (χ0) is 38.3. The molecule has 3 saturated heterocycles. The van der Waals surface area contributed by atoms with Crippen LogP contribution in [0, 0.1) is 5.92 Å². The van der Waals surface area contributed by atoms with E-state index >= 15 is 0 Å². The summed E-state index contributed by atoms with van der Waals surface area (Å²) < 4.78 is 11.6. The van der Waals surface area contributed by atoms with E-state index in [9.17, 15) is 19.5 Å². The first-order valence-electron chi connectivity index (χ1n) is 20.0. The van der Waals surface area contributed by atoms with Crippen LogP contribution in [0.1, 0.15) is 70.1 Å². The number of carbonyl (C=O) groups is 3. The molecule has 5 aliphatic rings. The molecule has 3 atom stereocenters. The van der Waals surface area contributed by atoms with Crippen molar-refractivity contribution < 1.29 is 29.0 Å². The molecule has 11 heteroatoms. The van der Waals surface area contributed by atoms with Gasteiger partial charge in [0.05, 0.1) is 13.7 Å². The van der Waals surface area contributed by atoms with Crippen LogP contribution < -0.4 is 24.6 Å². The maximum absolute atomic E-state index is 13.2. The van der Waals surface area contributed by atoms with Crippen molar-refractivity contribution in [1.82, 2.24) is 15.1 Å². The lowest BCUT2D eigenvalue weighted by Crippen LogP contribution is -2.52. The smallest absolute Gasteiger partial charge is 0.255 e. The minimum absolute atomic E-state index is 0.0928. The summed E-state index contributed by atoms with van der Waals surface area (Å²) in [5.41, 5.74) is 7.52. The van der Waals surface area contributed by atoms with Gasteiger partial charge >= 0.3 is 0 Å². The van der Waals surface area contributed by atoms with Crippen molar-refractivity contribution in [3.8, 4) is 17.2 Å². The summed E-state index contributed by atoms with van der Waals surface area (Å²) in [6.45, 7) is 8.02. The van der Waals surface area contributed by atoms with E-state index in [-0.39, 0.29) is 41.7 Å². The highest BCUT2D eigenvalue weighted by Gasteiger charge is 2.39. The number of phenols is 1. The number of nitrogens with one attached hydrogen (secondary N) is 1. The minimum atomic E-state index is -0.593. The molecule has 9 rings (SSSR count). The highest BCUT2D eigenvalue weighted by molar-refractivity contribution is 6.05. The van der Waals surface area contributed by atoms with Gasteiger partial charge in [-0.05, 0) is 90.4 Å². The first-order valence-corrected chi connectivity index (χ1v) is 20.0. The third kappa shape index (κ3) is 7.04. The molecule has 0 spiro atoms. The van der Waals surface area contributed by atoms with Gasteiger partial charge in [0.1, 0.15) is 23.3 Å². The number of benzene rings is 4. The van der Waals surface area contributed by atoms with Crippen LogP contribution in [-0.4, -0.2) is 98.2 Å². The van der Waals surface area contributed by atoms with Gasteiger partial charge in [0.25, 0.3) is 5.91 Å². The van der Waals surface area contributed by atoms with E-state index < -0.39 is 6.04 Å². The number of amides is 3. The molecule has 4 aromatic carbocycles. The van der Waals surface area contributed by atoms with E-state index in [0.717, 1.165) is 74.1 Å². The highest BCUT2D eigenvalue weighted by Crippen LogP contribution is 2.47. The second-order valence-corrected chi connectivity index (χ2v) is 15.9. The van der Waals surface area contributed by atoms with E-state index in [1.54, 1.807) is 24.1 Å². The summed E-state index contributed by atoms with van der Waals surface area (Å²) in [6, 6.07) is 28.3. The SMILES string of the molecule is COc1ccc([C@@H]2COc3cc(O)ccc3[C@@H]2c2ccc(N3CCC(CN4CCN(c5ccc6c(c5)CN([C@H]5CCC(=O)NC5=O)C6=O)CC4)CC3)cc2)cc1. The van der Waals surface area contributed by atoms with E-state index in [1.165, 1.54) is 29.7 Å². The van der Waals surface area contributed by atoms with Crippen molar-refractivity contribution in [2.45, 2.75) is 50.1 Å². The number of hydrogen-bond donors (Lipinski definition) is 2. The van der Waals surface area contributed by atoms with E-state index in [4.69, 9.17) is 9.47 Å². The van der Waals surface area contributed by atoms with Gasteiger partial charge < -0.3 is 29.3 Å². The number of fused-ring (bicyclic) bond motifs is 2. The number of methoxy groups -OCH3 is 1. The van der Waals surface area contributed by atoms with Crippen LogP contribution in [0.3, 0.4) is 0 Å². The Bertz CT molecular complexity index is 2110. The Hall–Kier alpha value is -5.55. The summed E-state index contributed by atoms with van der Waals surface area (Å²) in [5, 5.41) is 12.6. The number of piperazine rings is 1. The zero-order valence-electron chi connectivity index (χ0n) is 31.9. The largest absolute Gasteiger partial charge is 0.508 e. The quantitative estimate of drug-likeness (QED) is 0.225. The average molecular weight is 756 g/mol. The van der Waals surface area contributed by atoms with Gasteiger partial charge in [-0.25, -0.2) is 0 Å². The Balaban J connectivity index is 0.785. The Morgan fingerprint density at radius 2 is 1.50 bits per heavy atom. The summed E-state index contributed by atoms with van der Waals surface area (Å²) in [6.07, 6.45) is 2.97. The van der Waals surface area contributed by atoms with Gasteiger partial charge in [0.2, 0.25) is 11.8 Å². The van der Waals surface area contributed by atoms with Crippen molar-refractivity contribution >= 4 is 29.1 Å². The molecule has 0 unspecified atom stereocenters. The Labute approximate surface area is 327 Å². The van der Waals surface area contributed by atoms with Crippen LogP contribution in [0.15, 0.2) is 84.9 Å². The van der Waals surface area contributed by atoms with E-state index in [1.807, 2.05) is 30.3 Å². The number of nitrogens with zero attached hydrogens (tertiary/aromatic N) is 4. The molecular weight excluding hydrogens is 707 g/mol. The maximum Gasteiger partial charge on any atom is 0.255 e. The predicted molar refractivity (Wildman–Crippen MR) is 214 cm³/mol. The molecule has 3 fully saturated rings. The molecule has 5 aliphatic heterocycles. The third-order valence-corrected chi connectivity index (χ3v) is 12.7. The predicted octanol–water partition coefficient (Wildman–Crippen LogP) is 5.51. The standard InChI is InChI=1S/C45H49N5O6/c1-55-36-10-4-30(5-11-36)39-28-56-41-25-35(51)9-13-38(41)43(39)31-2-6-33(7-3-31)48-18-16-29(17-19-48)26-47-20-22-49(23-21-47)34-8-12-37-32(24-34)27-50(45(37)54)40-14-15-42(52)46-44(40)53/h2-13,24-25,29,39-40,43,51H,14-23,26-28H2,1H3,(H,46,52,53)/t39-,40-,43-/m0/s1. The number of phenolic OH excluding ortho intramolecular Hbond substituents is 1. The second-order valence-electron chi connectivity index (χ2n) is 15.9. The van der Waals surface area contributed by atoms with Crippen LogP contribution in [-0.2, 0) is 16.1 Å². The first-order chi connectivity index (χ1) is 27.3. The Morgan fingerprint density at radius 1 is 0.786 bits per heavy atom. The fourth-order valence-electron chi connectivity index (χ4n) is 9.53. The number of aromatic hydroxyl groups is 1. The lowest BCUT2D eigenvalue weighted by Gasteiger charge is -2.40. The van der Waals surface area contributed by atoms with Crippen molar-refractivity contribution in [1.29, 1.82) is 0 Å². The van der Waals surface area contributed by atoms with E-state index in [0.29, 0.717) is 31.1 Å². The van der Waals surface area contributed by atoms with Crippen LogP contribution in [0.2, 0.25) is 0 Å². The van der Waals surface area contributed by atoms with Crippen molar-refractivity contribution in [2.24, 2.45) is 5.92 Å². The van der Waals surface area contributed by atoms with Crippen LogP contribution in [0.4, 0.5) is 11.4 Å². The molecule has 0 saturated carbocycles. The molecular formula is C45H49N5O6. The number of hydrogen-bond acceptors (Lipinski definition) is 9. The third-order valence-electron chi connectivity index (χ3n) is 12.7. The molecule has 3 amide bonds. The van der Waals surface area contributed by atoms with Gasteiger partial charge in [-0.1, -0.05) is 30.3 Å². The number of piperidine rings is 2. The minimum Gasteiger partial charge on any atom is -0.508 e. The fraction of sp³-hybridized carbons (Fsp3) is 0.400. The summed E-state index contributed by atoms with van der Waals surface area (Å²) in [5.74, 6) is 1.90. The first kappa shape index (κ1) is 36.1. The topological polar surface area (TPSA) is 115 Å². The van der Waals surface area contributed by atoms with Crippen LogP contribution in [0.25, 0.3) is 0 Å². The highest BCUT2D eigenvalue weighted by atomic mass is 16.5. The maximum atomic E-state index is 13.2. The molecule has 56 heavy (non-hydrogen) atoms. The van der Waals surface area contributed by atoms with Crippen LogP contribution in [0.5, 0.6) is 17.2 Å². The fourth-order valence-corrected chi connectivity index (χ4v) is 9.53. The average Bonchev–Trinajstić information content (AvgIpc) is 3.55. The molecule has 11 nitrogen and oxygen atoms in total. The van der Waals surface area contributed by atoms with Gasteiger partial charge in [-0.15, -0.1) is 0 Å². The van der Waals surface area contributed by atoms with Gasteiger partial charge in [-0.2, -0.15) is 0 Å². The molecule has 290 valence electrons. The van der Waals surface area contributed by atoms with Gasteiger partial charge in [0, 0.05) is 99.2 Å². The second kappa shape index (κ2) is 15.2. The normalized spacial score (nSPS) is 23.1. The number of anilines is 2. The van der Waals surface area contributed by atoms with Crippen molar-refractivity contribution in [2.75, 3.05) is 69.3 Å². The Morgan fingerprint density at radius 3 is 2.23 bits per heavy atom. The number of carbonyl (C=O) groups excluding carboxylic acids is 3. The summed E-state index contributed by atoms with van der Waals surface area (Å²) in [4.78, 5) is 46.4. The summed E-state index contributed by atoms with van der Waals surface area (Å²) >= 11 is 0. The Kier molecular flexibility index (Phi) is 9.79. The van der Waals surface area contributed by atoms with Crippen molar-refractivity contribution in [3.63, 3.8) is 0 Å². The number of ether oxygens (including phenoxy) is 2. The molecule has 0 bridgehead atoms. The lowest BCUT2D eigenvalue weighted by molar-refractivity contribution is -0.136. The zero-order valence-corrected chi connectivity index (χ0v) is 31.9. The molecule has 0 radical (unpaired) electrons.